The normalized spacial score (nSPS) is 24.2. The second-order valence-electron chi connectivity index (χ2n) is 16.0. The van der Waals surface area contributed by atoms with Gasteiger partial charge in [0.15, 0.2) is 0 Å². The largest absolute Gasteiger partial charge is 0.308 e. The van der Waals surface area contributed by atoms with Gasteiger partial charge in [-0.25, -0.2) is 4.98 Å². The van der Waals surface area contributed by atoms with Crippen LogP contribution in [-0.2, 0) is 10.8 Å². The molecule has 0 atom stereocenters. The highest BCUT2D eigenvalue weighted by atomic mass is 15.1. The minimum absolute atomic E-state index is 0.0961. The van der Waals surface area contributed by atoms with Gasteiger partial charge in [-0.3, -0.25) is 4.57 Å². The lowest BCUT2D eigenvalue weighted by molar-refractivity contribution is -0.00512. The van der Waals surface area contributed by atoms with Crippen molar-refractivity contribution in [2.24, 2.45) is 17.8 Å². The highest BCUT2D eigenvalue weighted by Gasteiger charge is 2.51. The smallest absolute Gasteiger partial charge is 0.137 e. The number of para-hydroxylation sites is 2. The summed E-state index contributed by atoms with van der Waals surface area (Å²) in [6.07, 6.45) is 10.7. The van der Waals surface area contributed by atoms with Crippen molar-refractivity contribution in [3.8, 4) is 11.5 Å². The molecule has 3 aromatic heterocycles. The van der Waals surface area contributed by atoms with Crippen LogP contribution in [-0.4, -0.2) is 14.1 Å². The van der Waals surface area contributed by atoms with Gasteiger partial charge in [-0.15, -0.1) is 0 Å². The summed E-state index contributed by atoms with van der Waals surface area (Å²) in [7, 11) is 0. The van der Waals surface area contributed by atoms with E-state index in [0.29, 0.717) is 5.41 Å². The average Bonchev–Trinajstić information content (AvgIpc) is 3.56. The average molecular weight is 600 g/mol. The molecule has 0 amide bonds. The van der Waals surface area contributed by atoms with Crippen LogP contribution in [0.1, 0.15) is 70.4 Å². The zero-order valence-electron chi connectivity index (χ0n) is 27.1. The highest BCUT2D eigenvalue weighted by Crippen LogP contribution is 2.61. The van der Waals surface area contributed by atoms with Gasteiger partial charge in [0.2, 0.25) is 0 Å². The van der Waals surface area contributed by atoms with E-state index in [0.717, 1.165) is 29.3 Å². The van der Waals surface area contributed by atoms with E-state index in [1.807, 2.05) is 0 Å². The maximum Gasteiger partial charge on any atom is 0.137 e. The molecule has 3 nitrogen and oxygen atoms in total. The Labute approximate surface area is 270 Å². The van der Waals surface area contributed by atoms with Crippen molar-refractivity contribution in [2.45, 2.75) is 70.1 Å². The Kier molecular flexibility index (Phi) is 5.45. The Morgan fingerprint density at radius 3 is 1.78 bits per heavy atom. The van der Waals surface area contributed by atoms with Gasteiger partial charge >= 0.3 is 0 Å². The molecular formula is C43H41N3. The van der Waals surface area contributed by atoms with Crippen LogP contribution < -0.4 is 0 Å². The first-order valence-electron chi connectivity index (χ1n) is 17.4. The van der Waals surface area contributed by atoms with E-state index < -0.39 is 0 Å². The van der Waals surface area contributed by atoms with E-state index >= 15 is 0 Å². The van der Waals surface area contributed by atoms with Crippen molar-refractivity contribution < 1.29 is 0 Å². The lowest BCUT2D eigenvalue weighted by atomic mass is 9.48. The molecule has 4 saturated carbocycles. The molecule has 7 aromatic rings. The van der Waals surface area contributed by atoms with Gasteiger partial charge in [0, 0.05) is 21.5 Å². The monoisotopic (exact) mass is 599 g/mol. The van der Waals surface area contributed by atoms with E-state index in [9.17, 15) is 0 Å². The number of pyridine rings is 1. The quantitative estimate of drug-likeness (QED) is 0.198. The fraction of sp³-hybridized carbons (Fsp3) is 0.326. The number of nitrogens with zero attached hydrogens (tertiary/aromatic N) is 3. The summed E-state index contributed by atoms with van der Waals surface area (Å²) in [6.45, 7) is 6.86. The minimum Gasteiger partial charge on any atom is -0.308 e. The Morgan fingerprint density at radius 2 is 1.15 bits per heavy atom. The van der Waals surface area contributed by atoms with Crippen LogP contribution in [0.25, 0.3) is 55.1 Å². The van der Waals surface area contributed by atoms with Crippen molar-refractivity contribution in [1.29, 1.82) is 0 Å². The molecule has 0 radical (unpaired) electrons. The molecule has 3 heteroatoms. The summed E-state index contributed by atoms with van der Waals surface area (Å²) in [5, 5.41) is 5.27. The van der Waals surface area contributed by atoms with Gasteiger partial charge < -0.3 is 4.57 Å². The first-order valence-corrected chi connectivity index (χ1v) is 17.4. The van der Waals surface area contributed by atoms with E-state index in [1.165, 1.54) is 87.7 Å². The van der Waals surface area contributed by atoms with Gasteiger partial charge in [-0.05, 0) is 127 Å². The summed E-state index contributed by atoms with van der Waals surface area (Å²) < 4.78 is 4.75. The standard InChI is InChI=1S/C43H41N3/c1-42(2,3)30-12-15-39-35(21-30)33-8-4-6-10-37(33)45(39)32-14-17-41(44-26-32)46-38-11-7-5-9-34(38)36-22-31(13-16-40(36)46)43-23-27-18-28(24-43)20-29(19-27)25-43/h4-17,21-22,26-29H,18-20,23-25H2,1-3H3. The third-order valence-corrected chi connectivity index (χ3v) is 12.1. The van der Waals surface area contributed by atoms with Gasteiger partial charge in [0.05, 0.1) is 34.0 Å². The molecule has 0 spiro atoms. The molecule has 4 aliphatic rings. The zero-order chi connectivity index (χ0) is 30.8. The van der Waals surface area contributed by atoms with Crippen LogP contribution in [0, 0.1) is 17.8 Å². The number of aromatic nitrogens is 3. The highest BCUT2D eigenvalue weighted by molar-refractivity contribution is 6.10. The Bertz CT molecular complexity index is 2290. The lowest BCUT2D eigenvalue weighted by Crippen LogP contribution is -2.48. The minimum atomic E-state index is 0.0961. The molecule has 0 N–H and O–H groups in total. The number of rotatable bonds is 3. The Hall–Kier alpha value is -4.37. The summed E-state index contributed by atoms with van der Waals surface area (Å²) in [6, 6.07) is 36.5. The molecule has 4 fully saturated rings. The molecule has 11 rings (SSSR count). The van der Waals surface area contributed by atoms with E-state index in [4.69, 9.17) is 4.98 Å². The fourth-order valence-corrected chi connectivity index (χ4v) is 10.4. The molecule has 3 heterocycles. The van der Waals surface area contributed by atoms with Gasteiger partial charge in [0.25, 0.3) is 0 Å². The summed E-state index contributed by atoms with van der Waals surface area (Å²) in [4.78, 5) is 5.17. The number of hydrogen-bond acceptors (Lipinski definition) is 1. The SMILES string of the molecule is CC(C)(C)c1ccc2c(c1)c1ccccc1n2-c1ccc(-n2c3ccccc3c3cc(C45CC6CC(CC(C6)C4)C5)ccc32)nc1. The molecule has 4 bridgehead atoms. The number of hydrogen-bond donors (Lipinski definition) is 0. The Balaban J connectivity index is 1.10. The predicted molar refractivity (Wildman–Crippen MR) is 191 cm³/mol. The van der Waals surface area contributed by atoms with Crippen LogP contribution in [0.15, 0.2) is 103 Å². The van der Waals surface area contributed by atoms with Gasteiger partial charge in [-0.2, -0.15) is 0 Å². The van der Waals surface area contributed by atoms with Crippen molar-refractivity contribution >= 4 is 43.6 Å². The third kappa shape index (κ3) is 3.81. The van der Waals surface area contributed by atoms with Crippen molar-refractivity contribution in [2.75, 3.05) is 0 Å². The second kappa shape index (κ2) is 9.35. The number of fused-ring (bicyclic) bond motifs is 6. The van der Waals surface area contributed by atoms with Crippen LogP contribution >= 0.6 is 0 Å². The molecule has 4 aromatic carbocycles. The first-order chi connectivity index (χ1) is 22.3. The van der Waals surface area contributed by atoms with Crippen LogP contribution in [0.2, 0.25) is 0 Å². The number of benzene rings is 4. The van der Waals surface area contributed by atoms with Gasteiger partial charge in [0.1, 0.15) is 5.82 Å². The molecule has 0 aliphatic heterocycles. The van der Waals surface area contributed by atoms with E-state index in [1.54, 1.807) is 5.56 Å². The van der Waals surface area contributed by atoms with Crippen LogP contribution in [0.3, 0.4) is 0 Å². The van der Waals surface area contributed by atoms with Crippen LogP contribution in [0.4, 0.5) is 0 Å². The van der Waals surface area contributed by atoms with Crippen molar-refractivity contribution in [1.82, 2.24) is 14.1 Å². The molecule has 0 unspecified atom stereocenters. The summed E-state index contributed by atoms with van der Waals surface area (Å²) >= 11 is 0. The second-order valence-corrected chi connectivity index (χ2v) is 16.0. The molecule has 4 aliphatic carbocycles. The van der Waals surface area contributed by atoms with Crippen molar-refractivity contribution in [3.63, 3.8) is 0 Å². The summed E-state index contributed by atoms with van der Waals surface area (Å²) in [5.41, 5.74) is 9.43. The van der Waals surface area contributed by atoms with E-state index in [2.05, 4.69) is 133 Å². The molecule has 228 valence electrons. The van der Waals surface area contributed by atoms with Crippen LogP contribution in [0.5, 0.6) is 0 Å². The van der Waals surface area contributed by atoms with E-state index in [-0.39, 0.29) is 5.41 Å². The third-order valence-electron chi connectivity index (χ3n) is 12.1. The Morgan fingerprint density at radius 1 is 0.587 bits per heavy atom. The lowest BCUT2D eigenvalue weighted by Gasteiger charge is -2.57. The van der Waals surface area contributed by atoms with Gasteiger partial charge in [-0.1, -0.05) is 69.3 Å². The molecule has 46 heavy (non-hydrogen) atoms. The predicted octanol–water partition coefficient (Wildman–Crippen LogP) is 11.0. The van der Waals surface area contributed by atoms with Crippen molar-refractivity contribution in [3.05, 3.63) is 114 Å². The molecular weight excluding hydrogens is 558 g/mol. The first kappa shape index (κ1) is 26.8. The fourth-order valence-electron chi connectivity index (χ4n) is 10.4. The maximum absolute atomic E-state index is 5.17. The molecule has 0 saturated heterocycles. The maximum atomic E-state index is 5.17. The zero-order valence-corrected chi connectivity index (χ0v) is 27.1. The topological polar surface area (TPSA) is 22.8 Å². The summed E-state index contributed by atoms with van der Waals surface area (Å²) in [5.74, 6) is 3.80.